The van der Waals surface area contributed by atoms with Crippen LogP contribution in [0.4, 0.5) is 0 Å². The second-order valence-electron chi connectivity index (χ2n) is 6.09. The molecule has 0 aliphatic carbocycles. The summed E-state index contributed by atoms with van der Waals surface area (Å²) in [4.78, 5) is 2.65. The molecule has 0 saturated carbocycles. The zero-order valence-corrected chi connectivity index (χ0v) is 13.2. The van der Waals surface area contributed by atoms with Gasteiger partial charge in [0.1, 0.15) is 0 Å². The van der Waals surface area contributed by atoms with Gasteiger partial charge in [0, 0.05) is 12.6 Å². The molecule has 0 amide bonds. The summed E-state index contributed by atoms with van der Waals surface area (Å²) in [5.74, 6) is 0. The summed E-state index contributed by atoms with van der Waals surface area (Å²) in [6.07, 6.45) is 6.67. The van der Waals surface area contributed by atoms with Gasteiger partial charge in [0.05, 0.1) is 0 Å². The molecule has 1 saturated heterocycles. The van der Waals surface area contributed by atoms with Crippen molar-refractivity contribution in [1.82, 2.24) is 10.2 Å². The topological polar surface area (TPSA) is 15.3 Å². The highest BCUT2D eigenvalue weighted by Crippen LogP contribution is 2.19. The SMILES string of the molecule is CCNCCc1ccc(CN2CCCCCC2C)cc1. The Hall–Kier alpha value is -0.860. The van der Waals surface area contributed by atoms with Gasteiger partial charge in [0.25, 0.3) is 0 Å². The lowest BCUT2D eigenvalue weighted by molar-refractivity contribution is 0.205. The molecule has 0 bridgehead atoms. The first kappa shape index (κ1) is 15.5. The van der Waals surface area contributed by atoms with E-state index >= 15 is 0 Å². The molecule has 0 radical (unpaired) electrons. The van der Waals surface area contributed by atoms with Crippen LogP contribution < -0.4 is 5.32 Å². The molecule has 1 aromatic carbocycles. The summed E-state index contributed by atoms with van der Waals surface area (Å²) >= 11 is 0. The third-order valence-corrected chi connectivity index (χ3v) is 4.44. The van der Waals surface area contributed by atoms with E-state index in [-0.39, 0.29) is 0 Å². The van der Waals surface area contributed by atoms with Crippen LogP contribution in [-0.2, 0) is 13.0 Å². The van der Waals surface area contributed by atoms with Crippen molar-refractivity contribution in [2.24, 2.45) is 0 Å². The first-order chi connectivity index (χ1) is 9.79. The average Bonchev–Trinajstić information content (AvgIpc) is 2.66. The van der Waals surface area contributed by atoms with Crippen LogP contribution in [-0.4, -0.2) is 30.6 Å². The third kappa shape index (κ3) is 4.92. The van der Waals surface area contributed by atoms with Gasteiger partial charge < -0.3 is 5.32 Å². The van der Waals surface area contributed by atoms with Crippen LogP contribution in [0.5, 0.6) is 0 Å². The van der Waals surface area contributed by atoms with Crippen molar-refractivity contribution in [3.8, 4) is 0 Å². The zero-order chi connectivity index (χ0) is 14.2. The van der Waals surface area contributed by atoms with Gasteiger partial charge in [0.2, 0.25) is 0 Å². The minimum Gasteiger partial charge on any atom is -0.317 e. The number of rotatable bonds is 6. The smallest absolute Gasteiger partial charge is 0.0236 e. The predicted molar refractivity (Wildman–Crippen MR) is 87.0 cm³/mol. The van der Waals surface area contributed by atoms with Crippen LogP contribution in [0, 0.1) is 0 Å². The van der Waals surface area contributed by atoms with Crippen molar-refractivity contribution >= 4 is 0 Å². The van der Waals surface area contributed by atoms with Gasteiger partial charge >= 0.3 is 0 Å². The van der Waals surface area contributed by atoms with Gasteiger partial charge in [-0.2, -0.15) is 0 Å². The van der Waals surface area contributed by atoms with Gasteiger partial charge in [-0.05, 0) is 56.9 Å². The van der Waals surface area contributed by atoms with Gasteiger partial charge in [-0.1, -0.05) is 44.0 Å². The predicted octanol–water partition coefficient (Wildman–Crippen LogP) is 3.60. The molecule has 0 spiro atoms. The van der Waals surface area contributed by atoms with Gasteiger partial charge in [-0.25, -0.2) is 0 Å². The minimum atomic E-state index is 0.742. The first-order valence-electron chi connectivity index (χ1n) is 8.32. The lowest BCUT2D eigenvalue weighted by Crippen LogP contribution is -2.31. The number of hydrogen-bond acceptors (Lipinski definition) is 2. The molecule has 1 aliphatic rings. The van der Waals surface area contributed by atoms with E-state index in [0.717, 1.165) is 32.1 Å². The first-order valence-corrected chi connectivity index (χ1v) is 8.32. The molecule has 1 atom stereocenters. The molecule has 1 aliphatic heterocycles. The number of likely N-dealkylation sites (N-methyl/N-ethyl adjacent to an activating group) is 1. The number of likely N-dealkylation sites (tertiary alicyclic amines) is 1. The molecular weight excluding hydrogens is 244 g/mol. The molecule has 112 valence electrons. The van der Waals surface area contributed by atoms with E-state index in [9.17, 15) is 0 Å². The maximum absolute atomic E-state index is 3.38. The quantitative estimate of drug-likeness (QED) is 0.797. The normalized spacial score (nSPS) is 20.8. The molecule has 2 heteroatoms. The number of nitrogens with one attached hydrogen (secondary N) is 1. The van der Waals surface area contributed by atoms with Crippen molar-refractivity contribution in [3.63, 3.8) is 0 Å². The van der Waals surface area contributed by atoms with Crippen LogP contribution in [0.1, 0.15) is 50.7 Å². The standard InChI is InChI=1S/C18H30N2/c1-3-19-13-12-17-8-10-18(11-9-17)15-20-14-6-4-5-7-16(20)2/h8-11,16,19H,3-7,12-15H2,1-2H3. The molecule has 2 nitrogen and oxygen atoms in total. The van der Waals surface area contributed by atoms with E-state index in [1.807, 2.05) is 0 Å². The number of nitrogens with zero attached hydrogens (tertiary/aromatic N) is 1. The Bertz CT molecular complexity index is 372. The van der Waals surface area contributed by atoms with Gasteiger partial charge in [0.15, 0.2) is 0 Å². The fourth-order valence-electron chi connectivity index (χ4n) is 3.02. The largest absolute Gasteiger partial charge is 0.317 e. The van der Waals surface area contributed by atoms with E-state index in [1.54, 1.807) is 0 Å². The van der Waals surface area contributed by atoms with Crippen molar-refractivity contribution in [1.29, 1.82) is 0 Å². The lowest BCUT2D eigenvalue weighted by Gasteiger charge is -2.27. The Kier molecular flexibility index (Phi) is 6.55. The summed E-state index contributed by atoms with van der Waals surface area (Å²) in [6.45, 7) is 9.07. The molecule has 20 heavy (non-hydrogen) atoms. The Morgan fingerprint density at radius 3 is 2.60 bits per heavy atom. The van der Waals surface area contributed by atoms with Crippen molar-refractivity contribution in [2.75, 3.05) is 19.6 Å². The highest BCUT2D eigenvalue weighted by molar-refractivity contribution is 5.22. The lowest BCUT2D eigenvalue weighted by atomic mass is 10.1. The van der Waals surface area contributed by atoms with E-state index in [4.69, 9.17) is 0 Å². The molecule has 0 aromatic heterocycles. The van der Waals surface area contributed by atoms with Crippen LogP contribution in [0.2, 0.25) is 0 Å². The van der Waals surface area contributed by atoms with Crippen LogP contribution in [0.15, 0.2) is 24.3 Å². The highest BCUT2D eigenvalue weighted by Gasteiger charge is 2.16. The van der Waals surface area contributed by atoms with Crippen LogP contribution in [0.25, 0.3) is 0 Å². The molecule has 2 rings (SSSR count). The van der Waals surface area contributed by atoms with E-state index in [1.165, 1.54) is 43.4 Å². The molecule has 1 fully saturated rings. The summed E-state index contributed by atoms with van der Waals surface area (Å²) in [6, 6.07) is 9.98. The van der Waals surface area contributed by atoms with Gasteiger partial charge in [-0.3, -0.25) is 4.90 Å². The van der Waals surface area contributed by atoms with E-state index in [2.05, 4.69) is 48.3 Å². The number of benzene rings is 1. The monoisotopic (exact) mass is 274 g/mol. The fraction of sp³-hybridized carbons (Fsp3) is 0.667. The van der Waals surface area contributed by atoms with Crippen LogP contribution >= 0.6 is 0 Å². The summed E-state index contributed by atoms with van der Waals surface area (Å²) in [5.41, 5.74) is 2.91. The maximum atomic E-state index is 3.38. The Labute approximate surface area is 124 Å². The zero-order valence-electron chi connectivity index (χ0n) is 13.2. The highest BCUT2D eigenvalue weighted by atomic mass is 15.1. The Balaban J connectivity index is 1.86. The molecule has 1 heterocycles. The average molecular weight is 274 g/mol. The van der Waals surface area contributed by atoms with Crippen molar-refractivity contribution in [2.45, 2.75) is 58.5 Å². The second kappa shape index (κ2) is 8.43. The van der Waals surface area contributed by atoms with Crippen LogP contribution in [0.3, 0.4) is 0 Å². The van der Waals surface area contributed by atoms with Crippen molar-refractivity contribution < 1.29 is 0 Å². The molecular formula is C18H30N2. The fourth-order valence-corrected chi connectivity index (χ4v) is 3.02. The summed E-state index contributed by atoms with van der Waals surface area (Å²) in [7, 11) is 0. The minimum absolute atomic E-state index is 0.742. The molecule has 1 unspecified atom stereocenters. The Morgan fingerprint density at radius 2 is 1.85 bits per heavy atom. The third-order valence-electron chi connectivity index (χ3n) is 4.44. The molecule has 1 N–H and O–H groups in total. The second-order valence-corrected chi connectivity index (χ2v) is 6.09. The Morgan fingerprint density at radius 1 is 1.10 bits per heavy atom. The maximum Gasteiger partial charge on any atom is 0.0236 e. The van der Waals surface area contributed by atoms with Gasteiger partial charge in [-0.15, -0.1) is 0 Å². The van der Waals surface area contributed by atoms with Crippen molar-refractivity contribution in [3.05, 3.63) is 35.4 Å². The summed E-state index contributed by atoms with van der Waals surface area (Å²) in [5, 5.41) is 3.38. The molecule has 1 aromatic rings. The van der Waals surface area contributed by atoms with E-state index < -0.39 is 0 Å². The number of hydrogen-bond donors (Lipinski definition) is 1. The van der Waals surface area contributed by atoms with E-state index in [0.29, 0.717) is 0 Å². The summed E-state index contributed by atoms with van der Waals surface area (Å²) < 4.78 is 0.